The number of benzene rings is 1. The standard InChI is InChI=1S/C16H22N4O/c1-2-20-11-18-14-9-13(5-6-15(14)20)19-16(21)8-12-4-3-7-17-10-12/h5-6,9,11-12,17H,2-4,7-8,10H2,1H3,(H,19,21). The third-order valence-corrected chi connectivity index (χ3v) is 4.12. The van der Waals surface area contributed by atoms with Gasteiger partial charge in [0.2, 0.25) is 5.91 Å². The van der Waals surface area contributed by atoms with E-state index in [2.05, 4.69) is 27.1 Å². The monoisotopic (exact) mass is 286 g/mol. The summed E-state index contributed by atoms with van der Waals surface area (Å²) in [5, 5.41) is 6.34. The van der Waals surface area contributed by atoms with Gasteiger partial charge in [0, 0.05) is 18.7 Å². The number of aromatic nitrogens is 2. The predicted octanol–water partition coefficient (Wildman–Crippen LogP) is 2.38. The number of hydrogen-bond acceptors (Lipinski definition) is 3. The second kappa shape index (κ2) is 6.26. The van der Waals surface area contributed by atoms with E-state index < -0.39 is 0 Å². The summed E-state index contributed by atoms with van der Waals surface area (Å²) in [6.45, 7) is 5.02. The van der Waals surface area contributed by atoms with Crippen molar-refractivity contribution in [3.05, 3.63) is 24.5 Å². The van der Waals surface area contributed by atoms with Crippen molar-refractivity contribution in [3.63, 3.8) is 0 Å². The van der Waals surface area contributed by atoms with Gasteiger partial charge in [-0.15, -0.1) is 0 Å². The van der Waals surface area contributed by atoms with Crippen molar-refractivity contribution < 1.29 is 4.79 Å². The fraction of sp³-hybridized carbons (Fsp3) is 0.500. The second-order valence-electron chi connectivity index (χ2n) is 5.70. The van der Waals surface area contributed by atoms with E-state index >= 15 is 0 Å². The van der Waals surface area contributed by atoms with Gasteiger partial charge in [-0.3, -0.25) is 4.79 Å². The SMILES string of the molecule is CCn1cnc2cc(NC(=O)CC3CCCNC3)ccc21. The number of nitrogens with one attached hydrogen (secondary N) is 2. The first kappa shape index (κ1) is 14.1. The number of rotatable bonds is 4. The number of nitrogens with zero attached hydrogens (tertiary/aromatic N) is 2. The number of carbonyl (C=O) groups is 1. The molecule has 1 unspecified atom stereocenters. The van der Waals surface area contributed by atoms with Gasteiger partial charge in [-0.2, -0.15) is 0 Å². The molecule has 1 fully saturated rings. The fourth-order valence-corrected chi connectivity index (χ4v) is 2.97. The summed E-state index contributed by atoms with van der Waals surface area (Å²) in [6, 6.07) is 5.91. The Morgan fingerprint density at radius 1 is 1.52 bits per heavy atom. The van der Waals surface area contributed by atoms with Gasteiger partial charge in [0.25, 0.3) is 0 Å². The topological polar surface area (TPSA) is 59.0 Å². The van der Waals surface area contributed by atoms with Crippen molar-refractivity contribution in [1.29, 1.82) is 0 Å². The zero-order valence-electron chi connectivity index (χ0n) is 12.4. The van der Waals surface area contributed by atoms with E-state index in [1.54, 1.807) is 0 Å². The lowest BCUT2D eigenvalue weighted by atomic mass is 9.96. The van der Waals surface area contributed by atoms with E-state index in [9.17, 15) is 4.79 Å². The van der Waals surface area contributed by atoms with Crippen LogP contribution in [0.2, 0.25) is 0 Å². The molecule has 0 saturated carbocycles. The molecule has 2 heterocycles. The molecule has 1 atom stereocenters. The number of anilines is 1. The first-order valence-corrected chi connectivity index (χ1v) is 7.71. The zero-order chi connectivity index (χ0) is 14.7. The van der Waals surface area contributed by atoms with Gasteiger partial charge in [0.15, 0.2) is 0 Å². The molecule has 1 aliphatic heterocycles. The number of carbonyl (C=O) groups excluding carboxylic acids is 1. The lowest BCUT2D eigenvalue weighted by Crippen LogP contribution is -2.32. The first-order valence-electron chi connectivity index (χ1n) is 7.71. The number of aryl methyl sites for hydroxylation is 1. The van der Waals surface area contributed by atoms with E-state index in [-0.39, 0.29) is 5.91 Å². The number of fused-ring (bicyclic) bond motifs is 1. The molecule has 21 heavy (non-hydrogen) atoms. The molecule has 2 aromatic rings. The molecule has 2 N–H and O–H groups in total. The summed E-state index contributed by atoms with van der Waals surface area (Å²) in [5.41, 5.74) is 2.86. The minimum Gasteiger partial charge on any atom is -0.331 e. The lowest BCUT2D eigenvalue weighted by Gasteiger charge is -2.22. The fourth-order valence-electron chi connectivity index (χ4n) is 2.97. The molecule has 1 aromatic carbocycles. The van der Waals surface area contributed by atoms with Crippen LogP contribution >= 0.6 is 0 Å². The van der Waals surface area contributed by atoms with Gasteiger partial charge < -0.3 is 15.2 Å². The molecule has 1 aliphatic rings. The van der Waals surface area contributed by atoms with E-state index in [0.29, 0.717) is 12.3 Å². The zero-order valence-corrected chi connectivity index (χ0v) is 12.4. The maximum Gasteiger partial charge on any atom is 0.224 e. The Balaban J connectivity index is 1.65. The van der Waals surface area contributed by atoms with Crippen molar-refractivity contribution in [3.8, 4) is 0 Å². The quantitative estimate of drug-likeness (QED) is 0.907. The van der Waals surface area contributed by atoms with Gasteiger partial charge in [0.05, 0.1) is 17.4 Å². The molecular weight excluding hydrogens is 264 g/mol. The average Bonchev–Trinajstić information content (AvgIpc) is 2.90. The van der Waals surface area contributed by atoms with E-state index in [1.807, 2.05) is 24.5 Å². The summed E-state index contributed by atoms with van der Waals surface area (Å²) in [5.74, 6) is 0.555. The second-order valence-corrected chi connectivity index (χ2v) is 5.70. The minimum atomic E-state index is 0.0953. The van der Waals surface area contributed by atoms with Gasteiger partial charge in [-0.25, -0.2) is 4.98 Å². The molecule has 3 rings (SSSR count). The third-order valence-electron chi connectivity index (χ3n) is 4.12. The molecule has 0 bridgehead atoms. The van der Waals surface area contributed by atoms with Crippen LogP contribution in [-0.4, -0.2) is 28.5 Å². The molecular formula is C16H22N4O. The number of amides is 1. The van der Waals surface area contributed by atoms with Crippen molar-refractivity contribution in [1.82, 2.24) is 14.9 Å². The maximum absolute atomic E-state index is 12.1. The summed E-state index contributed by atoms with van der Waals surface area (Å²) in [7, 11) is 0. The van der Waals surface area contributed by atoms with E-state index in [1.165, 1.54) is 6.42 Å². The van der Waals surface area contributed by atoms with E-state index in [4.69, 9.17) is 0 Å². The number of hydrogen-bond donors (Lipinski definition) is 2. The normalized spacial score (nSPS) is 18.8. The van der Waals surface area contributed by atoms with Gasteiger partial charge >= 0.3 is 0 Å². The smallest absolute Gasteiger partial charge is 0.224 e. The van der Waals surface area contributed by atoms with Crippen LogP contribution in [0.5, 0.6) is 0 Å². The van der Waals surface area contributed by atoms with Crippen LogP contribution in [0.1, 0.15) is 26.2 Å². The van der Waals surface area contributed by atoms with Crippen molar-refractivity contribution in [2.45, 2.75) is 32.7 Å². The molecule has 0 aliphatic carbocycles. The first-order chi connectivity index (χ1) is 10.3. The number of piperidine rings is 1. The van der Waals surface area contributed by atoms with Crippen LogP contribution < -0.4 is 10.6 Å². The highest BCUT2D eigenvalue weighted by Gasteiger charge is 2.16. The van der Waals surface area contributed by atoms with Gasteiger partial charge in [0.1, 0.15) is 0 Å². The molecule has 1 saturated heterocycles. The highest BCUT2D eigenvalue weighted by molar-refractivity contribution is 5.93. The van der Waals surface area contributed by atoms with Gasteiger partial charge in [-0.05, 0) is 57.0 Å². The van der Waals surface area contributed by atoms with Crippen LogP contribution in [0.25, 0.3) is 11.0 Å². The molecule has 0 radical (unpaired) electrons. The third kappa shape index (κ3) is 3.24. The van der Waals surface area contributed by atoms with Crippen LogP contribution in [0.4, 0.5) is 5.69 Å². The van der Waals surface area contributed by atoms with Crippen LogP contribution in [-0.2, 0) is 11.3 Å². The largest absolute Gasteiger partial charge is 0.331 e. The Hall–Kier alpha value is -1.88. The molecule has 5 heteroatoms. The Kier molecular flexibility index (Phi) is 4.20. The predicted molar refractivity (Wildman–Crippen MR) is 84.2 cm³/mol. The molecule has 0 spiro atoms. The van der Waals surface area contributed by atoms with Crippen LogP contribution in [0, 0.1) is 5.92 Å². The summed E-state index contributed by atoms with van der Waals surface area (Å²) >= 11 is 0. The molecule has 1 aromatic heterocycles. The lowest BCUT2D eigenvalue weighted by molar-refractivity contribution is -0.117. The van der Waals surface area contributed by atoms with Crippen molar-refractivity contribution in [2.75, 3.05) is 18.4 Å². The average molecular weight is 286 g/mol. The summed E-state index contributed by atoms with van der Waals surface area (Å²) in [4.78, 5) is 16.5. The Labute approximate surface area is 124 Å². The molecule has 112 valence electrons. The highest BCUT2D eigenvalue weighted by Crippen LogP contribution is 2.20. The van der Waals surface area contributed by atoms with Gasteiger partial charge in [-0.1, -0.05) is 0 Å². The Morgan fingerprint density at radius 3 is 3.19 bits per heavy atom. The molecule has 5 nitrogen and oxygen atoms in total. The minimum absolute atomic E-state index is 0.0953. The van der Waals surface area contributed by atoms with Crippen LogP contribution in [0.3, 0.4) is 0 Å². The Bertz CT molecular complexity index is 628. The van der Waals surface area contributed by atoms with E-state index in [0.717, 1.165) is 42.8 Å². The summed E-state index contributed by atoms with van der Waals surface area (Å²) in [6.07, 6.45) is 4.73. The van der Waals surface area contributed by atoms with Crippen LogP contribution in [0.15, 0.2) is 24.5 Å². The highest BCUT2D eigenvalue weighted by atomic mass is 16.1. The molecule has 1 amide bonds. The number of imidazole rings is 1. The van der Waals surface area contributed by atoms with Crippen molar-refractivity contribution in [2.24, 2.45) is 5.92 Å². The Morgan fingerprint density at radius 2 is 2.43 bits per heavy atom. The summed E-state index contributed by atoms with van der Waals surface area (Å²) < 4.78 is 2.09. The maximum atomic E-state index is 12.1. The van der Waals surface area contributed by atoms with Crippen molar-refractivity contribution >= 4 is 22.6 Å².